The van der Waals surface area contributed by atoms with Gasteiger partial charge in [-0.15, -0.1) is 11.3 Å². The van der Waals surface area contributed by atoms with E-state index in [9.17, 15) is 0 Å². The van der Waals surface area contributed by atoms with Gasteiger partial charge in [0.2, 0.25) is 0 Å². The van der Waals surface area contributed by atoms with Gasteiger partial charge in [0, 0.05) is 23.7 Å². The van der Waals surface area contributed by atoms with Gasteiger partial charge in [0.25, 0.3) is 0 Å². The lowest BCUT2D eigenvalue weighted by Gasteiger charge is -2.00. The molecule has 21 heavy (non-hydrogen) atoms. The molecule has 0 saturated carbocycles. The summed E-state index contributed by atoms with van der Waals surface area (Å²) < 4.78 is 3.56. The fourth-order valence-electron chi connectivity index (χ4n) is 2.51. The number of hydrogen-bond donors (Lipinski definition) is 1. The van der Waals surface area contributed by atoms with E-state index in [4.69, 9.17) is 5.73 Å². The van der Waals surface area contributed by atoms with Crippen LogP contribution < -0.4 is 5.73 Å². The fraction of sp³-hybridized carbons (Fsp3) is 0.0667. The maximum absolute atomic E-state index is 6.22. The lowest BCUT2D eigenvalue weighted by Crippen LogP contribution is -1.97. The van der Waals surface area contributed by atoms with Crippen LogP contribution in [0.15, 0.2) is 48.1 Å². The zero-order valence-electron chi connectivity index (χ0n) is 11.4. The highest BCUT2D eigenvalue weighted by Crippen LogP contribution is 2.39. The number of nitrogens with zero attached hydrogens (tertiary/aromatic N) is 4. The second-order valence-corrected chi connectivity index (χ2v) is 5.75. The van der Waals surface area contributed by atoms with Gasteiger partial charge < -0.3 is 5.73 Å². The summed E-state index contributed by atoms with van der Waals surface area (Å²) in [7, 11) is 1.86. The van der Waals surface area contributed by atoms with Gasteiger partial charge in [-0.2, -0.15) is 10.2 Å². The van der Waals surface area contributed by atoms with Crippen molar-refractivity contribution in [1.29, 1.82) is 0 Å². The molecule has 0 aliphatic carbocycles. The number of thiophene rings is 1. The smallest absolute Gasteiger partial charge is 0.130 e. The van der Waals surface area contributed by atoms with Gasteiger partial charge in [-0.3, -0.25) is 4.68 Å². The fourth-order valence-corrected chi connectivity index (χ4v) is 3.29. The zero-order chi connectivity index (χ0) is 14.4. The summed E-state index contributed by atoms with van der Waals surface area (Å²) in [5.41, 5.74) is 10.1. The first-order valence-electron chi connectivity index (χ1n) is 6.55. The predicted octanol–water partition coefficient (Wildman–Crippen LogP) is 3.05. The Morgan fingerprint density at radius 1 is 1.19 bits per heavy atom. The minimum absolute atomic E-state index is 0.669. The normalized spacial score (nSPS) is 11.3. The first-order chi connectivity index (χ1) is 10.3. The second kappa shape index (κ2) is 4.46. The summed E-state index contributed by atoms with van der Waals surface area (Å²) in [5, 5.41) is 11.0. The van der Waals surface area contributed by atoms with E-state index >= 15 is 0 Å². The molecule has 0 aliphatic heterocycles. The summed E-state index contributed by atoms with van der Waals surface area (Å²) in [6, 6.07) is 10.1. The number of aromatic nitrogens is 4. The number of nitrogens with two attached hydrogens (primary N) is 1. The molecular formula is C15H13N5S. The van der Waals surface area contributed by atoms with Gasteiger partial charge in [-0.25, -0.2) is 4.52 Å². The SMILES string of the molecule is Cn1nc(-c2cnn3ccccc23)c(-c2cccs2)c1N. The number of hydrogen-bond acceptors (Lipinski definition) is 4. The van der Waals surface area contributed by atoms with Gasteiger partial charge in [0.15, 0.2) is 0 Å². The van der Waals surface area contributed by atoms with E-state index in [1.54, 1.807) is 16.0 Å². The monoisotopic (exact) mass is 295 g/mol. The number of anilines is 1. The lowest BCUT2D eigenvalue weighted by atomic mass is 10.1. The van der Waals surface area contributed by atoms with E-state index in [0.717, 1.165) is 27.2 Å². The molecule has 0 aromatic carbocycles. The van der Waals surface area contributed by atoms with Crippen LogP contribution in [0.4, 0.5) is 5.82 Å². The number of fused-ring (bicyclic) bond motifs is 1. The summed E-state index contributed by atoms with van der Waals surface area (Å²) in [6.07, 6.45) is 3.77. The molecular weight excluding hydrogens is 282 g/mol. The Morgan fingerprint density at radius 2 is 2.10 bits per heavy atom. The van der Waals surface area contributed by atoms with Crippen LogP contribution >= 0.6 is 11.3 Å². The Kier molecular flexibility index (Phi) is 2.58. The molecule has 0 fully saturated rings. The van der Waals surface area contributed by atoms with Crippen molar-refractivity contribution in [3.05, 3.63) is 48.1 Å². The molecule has 6 heteroatoms. The van der Waals surface area contributed by atoms with Crippen LogP contribution in [0, 0.1) is 0 Å². The zero-order valence-corrected chi connectivity index (χ0v) is 12.2. The average molecular weight is 295 g/mol. The third-order valence-electron chi connectivity index (χ3n) is 3.54. The first kappa shape index (κ1) is 12.2. The van der Waals surface area contributed by atoms with Crippen molar-refractivity contribution in [2.24, 2.45) is 7.05 Å². The van der Waals surface area contributed by atoms with Crippen molar-refractivity contribution in [3.63, 3.8) is 0 Å². The minimum atomic E-state index is 0.669. The Labute approximate surface area is 125 Å². The predicted molar refractivity (Wildman–Crippen MR) is 85.1 cm³/mol. The topological polar surface area (TPSA) is 61.1 Å². The van der Waals surface area contributed by atoms with Gasteiger partial charge in [0.1, 0.15) is 11.5 Å². The molecule has 4 aromatic heterocycles. The van der Waals surface area contributed by atoms with Gasteiger partial charge in [-0.1, -0.05) is 12.1 Å². The Morgan fingerprint density at radius 3 is 2.90 bits per heavy atom. The highest BCUT2D eigenvalue weighted by Gasteiger charge is 2.20. The van der Waals surface area contributed by atoms with Crippen molar-refractivity contribution in [1.82, 2.24) is 19.4 Å². The number of nitrogen functional groups attached to an aromatic ring is 1. The average Bonchev–Trinajstić information content (AvgIpc) is 3.19. The van der Waals surface area contributed by atoms with Gasteiger partial charge in [0.05, 0.1) is 17.3 Å². The first-order valence-corrected chi connectivity index (χ1v) is 7.43. The van der Waals surface area contributed by atoms with Crippen LogP contribution in [0.5, 0.6) is 0 Å². The number of rotatable bonds is 2. The molecule has 0 radical (unpaired) electrons. The maximum Gasteiger partial charge on any atom is 0.130 e. The highest BCUT2D eigenvalue weighted by atomic mass is 32.1. The molecule has 4 rings (SSSR count). The third-order valence-corrected chi connectivity index (χ3v) is 4.43. The van der Waals surface area contributed by atoms with Crippen LogP contribution in [0.2, 0.25) is 0 Å². The maximum atomic E-state index is 6.22. The van der Waals surface area contributed by atoms with Crippen molar-refractivity contribution < 1.29 is 0 Å². The van der Waals surface area contributed by atoms with Crippen LogP contribution in [-0.4, -0.2) is 19.4 Å². The van der Waals surface area contributed by atoms with E-state index in [2.05, 4.69) is 16.3 Å². The van der Waals surface area contributed by atoms with Crippen molar-refractivity contribution in [2.45, 2.75) is 0 Å². The summed E-state index contributed by atoms with van der Waals surface area (Å²) in [5.74, 6) is 0.669. The summed E-state index contributed by atoms with van der Waals surface area (Å²) in [6.45, 7) is 0. The Hall–Kier alpha value is -2.60. The molecule has 5 nitrogen and oxygen atoms in total. The molecule has 0 atom stereocenters. The summed E-state index contributed by atoms with van der Waals surface area (Å²) in [4.78, 5) is 1.12. The minimum Gasteiger partial charge on any atom is -0.383 e. The van der Waals surface area contributed by atoms with E-state index in [1.807, 2.05) is 53.6 Å². The quantitative estimate of drug-likeness (QED) is 0.618. The second-order valence-electron chi connectivity index (χ2n) is 4.80. The molecule has 0 bridgehead atoms. The number of aryl methyl sites for hydroxylation is 1. The van der Waals surface area contributed by atoms with Crippen LogP contribution in [0.1, 0.15) is 0 Å². The molecule has 0 aliphatic rings. The largest absolute Gasteiger partial charge is 0.383 e. The molecule has 4 heterocycles. The Balaban J connectivity index is 2.03. The van der Waals surface area contributed by atoms with E-state index in [-0.39, 0.29) is 0 Å². The molecule has 0 amide bonds. The molecule has 4 aromatic rings. The molecule has 2 N–H and O–H groups in total. The molecule has 0 saturated heterocycles. The Bertz CT molecular complexity index is 917. The standard InChI is InChI=1S/C15H13N5S/c1-19-15(16)13(12-6-4-8-21-12)14(18-19)10-9-17-20-7-3-2-5-11(10)20/h2-9H,16H2,1H3. The lowest BCUT2D eigenvalue weighted by molar-refractivity contribution is 0.782. The van der Waals surface area contributed by atoms with E-state index < -0.39 is 0 Å². The van der Waals surface area contributed by atoms with E-state index in [1.165, 1.54) is 0 Å². The highest BCUT2D eigenvalue weighted by molar-refractivity contribution is 7.13. The van der Waals surface area contributed by atoms with Gasteiger partial charge in [-0.05, 0) is 23.6 Å². The van der Waals surface area contributed by atoms with Crippen LogP contribution in [0.3, 0.4) is 0 Å². The van der Waals surface area contributed by atoms with Crippen molar-refractivity contribution >= 4 is 22.7 Å². The molecule has 0 spiro atoms. The molecule has 104 valence electrons. The third kappa shape index (κ3) is 1.76. The van der Waals surface area contributed by atoms with Crippen LogP contribution in [-0.2, 0) is 7.05 Å². The van der Waals surface area contributed by atoms with E-state index in [0.29, 0.717) is 5.82 Å². The van der Waals surface area contributed by atoms with Crippen molar-refractivity contribution in [3.8, 4) is 21.7 Å². The van der Waals surface area contributed by atoms with Crippen molar-refractivity contribution in [2.75, 3.05) is 5.73 Å². The molecule has 0 unspecified atom stereocenters. The van der Waals surface area contributed by atoms with Gasteiger partial charge >= 0.3 is 0 Å². The van der Waals surface area contributed by atoms with Crippen LogP contribution in [0.25, 0.3) is 27.2 Å². The number of pyridine rings is 1. The summed E-state index contributed by atoms with van der Waals surface area (Å²) >= 11 is 1.66.